The number of carbonyl (C=O) groups is 1. The molecular formula is C24H38O4. The fourth-order valence-electron chi connectivity index (χ4n) is 4.51. The van der Waals surface area contributed by atoms with Crippen molar-refractivity contribution in [1.29, 1.82) is 0 Å². The molecule has 2 N–H and O–H groups in total. The molecule has 0 saturated carbocycles. The first-order chi connectivity index (χ1) is 13.2. The van der Waals surface area contributed by atoms with Crippen molar-refractivity contribution in [3.05, 3.63) is 34.6 Å². The number of hydrogen-bond donors (Lipinski definition) is 2. The molecule has 2 rings (SSSR count). The van der Waals surface area contributed by atoms with Crippen LogP contribution in [0.25, 0.3) is 0 Å². The summed E-state index contributed by atoms with van der Waals surface area (Å²) in [6.07, 6.45) is 9.49. The minimum absolute atomic E-state index is 0.0639. The molecule has 0 aliphatic heterocycles. The second-order valence-electron chi connectivity index (χ2n) is 8.89. The molecular weight excluding hydrogens is 352 g/mol. The van der Waals surface area contributed by atoms with Gasteiger partial charge in [0.2, 0.25) is 0 Å². The summed E-state index contributed by atoms with van der Waals surface area (Å²) in [6, 6.07) is 0. The van der Waals surface area contributed by atoms with Gasteiger partial charge < -0.3 is 14.9 Å². The number of aliphatic hydroxyl groups is 2. The smallest absolute Gasteiger partial charge is 0.335 e. The minimum atomic E-state index is -1.16. The fourth-order valence-corrected chi connectivity index (χ4v) is 4.51. The lowest BCUT2D eigenvalue weighted by Gasteiger charge is -2.38. The fraction of sp³-hybridized carbons (Fsp3) is 0.708. The van der Waals surface area contributed by atoms with Gasteiger partial charge in [0.15, 0.2) is 0 Å². The molecule has 28 heavy (non-hydrogen) atoms. The minimum Gasteiger partial charge on any atom is -0.508 e. The van der Waals surface area contributed by atoms with Gasteiger partial charge >= 0.3 is 5.97 Å². The number of esters is 1. The van der Waals surface area contributed by atoms with Crippen LogP contribution >= 0.6 is 0 Å². The summed E-state index contributed by atoms with van der Waals surface area (Å²) in [5.74, 6) is 0.570. The van der Waals surface area contributed by atoms with Crippen molar-refractivity contribution in [1.82, 2.24) is 0 Å². The molecule has 4 nitrogen and oxygen atoms in total. The Labute approximate surface area is 170 Å². The summed E-state index contributed by atoms with van der Waals surface area (Å²) in [5, 5.41) is 20.6. The topological polar surface area (TPSA) is 66.8 Å². The third-order valence-corrected chi connectivity index (χ3v) is 6.14. The summed E-state index contributed by atoms with van der Waals surface area (Å²) in [7, 11) is 0. The third-order valence-electron chi connectivity index (χ3n) is 6.14. The van der Waals surface area contributed by atoms with Crippen LogP contribution < -0.4 is 0 Å². The molecule has 2 aliphatic rings. The highest BCUT2D eigenvalue weighted by Crippen LogP contribution is 2.43. The first kappa shape index (κ1) is 22.7. The molecule has 4 atom stereocenters. The molecule has 0 saturated heterocycles. The number of carbonyl (C=O) groups excluding carboxylic acids is 1. The van der Waals surface area contributed by atoms with Crippen LogP contribution in [0.4, 0.5) is 0 Å². The number of allylic oxidation sites excluding steroid dienone is 3. The Bertz CT molecular complexity index is 639. The lowest BCUT2D eigenvalue weighted by molar-refractivity contribution is -0.156. The monoisotopic (exact) mass is 390 g/mol. The number of aliphatic hydroxyl groups excluding tert-OH is 2. The molecule has 0 aromatic rings. The van der Waals surface area contributed by atoms with E-state index in [2.05, 4.69) is 33.8 Å². The van der Waals surface area contributed by atoms with Gasteiger partial charge in [0.05, 0.1) is 0 Å². The van der Waals surface area contributed by atoms with E-state index in [9.17, 15) is 15.0 Å². The van der Waals surface area contributed by atoms with Gasteiger partial charge in [0.25, 0.3) is 0 Å². The van der Waals surface area contributed by atoms with Crippen LogP contribution in [0, 0.1) is 17.8 Å². The largest absolute Gasteiger partial charge is 0.508 e. The molecule has 2 aliphatic carbocycles. The Hall–Kier alpha value is -1.55. The molecule has 0 fully saturated rings. The molecule has 0 aromatic carbocycles. The number of rotatable bonds is 8. The van der Waals surface area contributed by atoms with E-state index in [4.69, 9.17) is 4.74 Å². The highest BCUT2D eigenvalue weighted by atomic mass is 16.6. The molecule has 0 bridgehead atoms. The molecule has 0 aromatic heterocycles. The molecule has 0 heterocycles. The lowest BCUT2D eigenvalue weighted by Crippen LogP contribution is -2.35. The van der Waals surface area contributed by atoms with Gasteiger partial charge in [-0.05, 0) is 57.4 Å². The van der Waals surface area contributed by atoms with Gasteiger partial charge in [-0.25, -0.2) is 4.79 Å². The summed E-state index contributed by atoms with van der Waals surface area (Å²) in [4.78, 5) is 12.2. The van der Waals surface area contributed by atoms with E-state index in [1.54, 1.807) is 0 Å². The van der Waals surface area contributed by atoms with E-state index in [1.807, 2.05) is 6.08 Å². The average Bonchev–Trinajstić information content (AvgIpc) is 2.61. The maximum Gasteiger partial charge on any atom is 0.335 e. The van der Waals surface area contributed by atoms with Crippen LogP contribution in [0.1, 0.15) is 79.6 Å². The Balaban J connectivity index is 2.39. The van der Waals surface area contributed by atoms with Crippen LogP contribution in [0.3, 0.4) is 0 Å². The van der Waals surface area contributed by atoms with Gasteiger partial charge in [0.1, 0.15) is 18.0 Å². The predicted octanol–water partition coefficient (Wildman–Crippen LogP) is 5.63. The van der Waals surface area contributed by atoms with E-state index in [-0.39, 0.29) is 11.7 Å². The van der Waals surface area contributed by atoms with Crippen LogP contribution in [0.15, 0.2) is 34.6 Å². The van der Waals surface area contributed by atoms with Crippen molar-refractivity contribution in [3.8, 4) is 0 Å². The van der Waals surface area contributed by atoms with Gasteiger partial charge in [-0.15, -0.1) is 0 Å². The summed E-state index contributed by atoms with van der Waals surface area (Å²) >= 11 is 0. The summed E-state index contributed by atoms with van der Waals surface area (Å²) < 4.78 is 5.71. The standard InChI is InChI=1S/C24H38O4/c1-6-7-8-9-18-13-21(26)23(22(14-18)28-24(27)17(5)25)20-12-16(4)10-11-19(20)15(2)3/h12-13,15,17,19-20,22,25-26H,6-11,14H2,1-5H3/t17-,19?,20-,22?/m1/s1. The first-order valence-electron chi connectivity index (χ1n) is 10.9. The van der Waals surface area contributed by atoms with Crippen molar-refractivity contribution >= 4 is 5.97 Å². The zero-order valence-electron chi connectivity index (χ0n) is 18.2. The number of unbranched alkanes of at least 4 members (excludes halogenated alkanes) is 2. The highest BCUT2D eigenvalue weighted by molar-refractivity contribution is 5.74. The van der Waals surface area contributed by atoms with E-state index in [0.29, 0.717) is 18.3 Å². The molecule has 0 amide bonds. The third kappa shape index (κ3) is 5.73. The predicted molar refractivity (Wildman–Crippen MR) is 113 cm³/mol. The van der Waals surface area contributed by atoms with E-state index < -0.39 is 18.2 Å². The van der Waals surface area contributed by atoms with Gasteiger partial charge in [-0.1, -0.05) is 50.8 Å². The van der Waals surface area contributed by atoms with Crippen LogP contribution in [0.2, 0.25) is 0 Å². The van der Waals surface area contributed by atoms with Gasteiger partial charge in [0, 0.05) is 17.9 Å². The van der Waals surface area contributed by atoms with Gasteiger partial charge in [-0.3, -0.25) is 0 Å². The Kier molecular flexibility index (Phi) is 8.36. The van der Waals surface area contributed by atoms with Crippen molar-refractivity contribution in [2.75, 3.05) is 0 Å². The lowest BCUT2D eigenvalue weighted by atomic mass is 9.69. The summed E-state index contributed by atoms with van der Waals surface area (Å²) in [6.45, 7) is 10.2. The normalized spacial score (nSPS) is 26.8. The van der Waals surface area contributed by atoms with Gasteiger partial charge in [-0.2, -0.15) is 0 Å². The molecule has 2 unspecified atom stereocenters. The van der Waals surface area contributed by atoms with Crippen molar-refractivity contribution < 1.29 is 19.7 Å². The van der Waals surface area contributed by atoms with E-state index >= 15 is 0 Å². The van der Waals surface area contributed by atoms with Crippen LogP contribution in [-0.2, 0) is 9.53 Å². The van der Waals surface area contributed by atoms with Crippen LogP contribution in [0.5, 0.6) is 0 Å². The van der Waals surface area contributed by atoms with Crippen molar-refractivity contribution in [3.63, 3.8) is 0 Å². The second kappa shape index (κ2) is 10.3. The van der Waals surface area contributed by atoms with Crippen molar-refractivity contribution in [2.45, 2.75) is 91.8 Å². The average molecular weight is 391 g/mol. The Morgan fingerprint density at radius 1 is 1.29 bits per heavy atom. The first-order valence-corrected chi connectivity index (χ1v) is 10.9. The Morgan fingerprint density at radius 3 is 2.61 bits per heavy atom. The maximum absolute atomic E-state index is 12.2. The quantitative estimate of drug-likeness (QED) is 0.320. The van der Waals surface area contributed by atoms with E-state index in [0.717, 1.165) is 49.7 Å². The number of ether oxygens (including phenoxy) is 1. The second-order valence-corrected chi connectivity index (χ2v) is 8.89. The molecule has 4 heteroatoms. The summed E-state index contributed by atoms with van der Waals surface area (Å²) in [5.41, 5.74) is 3.25. The number of hydrogen-bond acceptors (Lipinski definition) is 4. The Morgan fingerprint density at radius 2 is 2.00 bits per heavy atom. The van der Waals surface area contributed by atoms with Crippen LogP contribution in [-0.4, -0.2) is 28.4 Å². The SMILES string of the molecule is CCCCCC1=CC(O)=C([C@@H]2C=C(C)CCC2C(C)C)C(OC(=O)[C@@H](C)O)C1. The zero-order chi connectivity index (χ0) is 20.8. The molecule has 0 spiro atoms. The van der Waals surface area contributed by atoms with Crippen molar-refractivity contribution in [2.24, 2.45) is 17.8 Å². The zero-order valence-corrected chi connectivity index (χ0v) is 18.2. The maximum atomic E-state index is 12.2. The molecule has 158 valence electrons. The van der Waals surface area contributed by atoms with E-state index in [1.165, 1.54) is 12.5 Å². The molecule has 0 radical (unpaired) electrons. The highest BCUT2D eigenvalue weighted by Gasteiger charge is 2.38.